The zero-order valence-electron chi connectivity index (χ0n) is 11.9. The van der Waals surface area contributed by atoms with Gasteiger partial charge in [-0.3, -0.25) is 0 Å². The van der Waals surface area contributed by atoms with E-state index in [-0.39, 0.29) is 0 Å². The molecule has 1 atom stereocenters. The van der Waals surface area contributed by atoms with Crippen molar-refractivity contribution in [3.05, 3.63) is 23.2 Å². The van der Waals surface area contributed by atoms with Crippen LogP contribution in [0.25, 0.3) is 0 Å². The summed E-state index contributed by atoms with van der Waals surface area (Å²) in [6.07, 6.45) is 2.54. The maximum atomic E-state index is 6.10. The minimum absolute atomic E-state index is 0.452. The number of rotatable bonds is 5. The molecule has 1 heterocycles. The van der Waals surface area contributed by atoms with Crippen LogP contribution in [-0.4, -0.2) is 32.3 Å². The number of methoxy groups -OCH3 is 1. The third-order valence-electron chi connectivity index (χ3n) is 3.67. The van der Waals surface area contributed by atoms with Crippen molar-refractivity contribution >= 4 is 17.3 Å². The molecule has 1 unspecified atom stereocenters. The van der Waals surface area contributed by atoms with E-state index in [0.717, 1.165) is 18.8 Å². The van der Waals surface area contributed by atoms with Gasteiger partial charge in [-0.2, -0.15) is 0 Å². The maximum absolute atomic E-state index is 6.10. The number of hydrogen-bond acceptors (Lipinski definition) is 3. The predicted octanol–water partition coefficient (Wildman–Crippen LogP) is 3.32. The highest BCUT2D eigenvalue weighted by Gasteiger charge is 2.20. The first-order chi connectivity index (χ1) is 9.11. The highest BCUT2D eigenvalue weighted by Crippen LogP contribution is 2.30. The summed E-state index contributed by atoms with van der Waals surface area (Å²) in [6, 6.07) is 7.04. The lowest BCUT2D eigenvalue weighted by Crippen LogP contribution is -2.41. The second kappa shape index (κ2) is 6.49. The Labute approximate surface area is 120 Å². The van der Waals surface area contributed by atoms with Gasteiger partial charge in [-0.25, -0.2) is 0 Å². The van der Waals surface area contributed by atoms with Crippen LogP contribution in [0.2, 0.25) is 5.02 Å². The fraction of sp³-hybridized carbons (Fsp3) is 0.600. The topological polar surface area (TPSA) is 24.5 Å². The fourth-order valence-electron chi connectivity index (χ4n) is 2.59. The standard InChI is InChI=1S/C15H23ClN2O/c1-11(2)18(10-12-5-4-8-17-12)13-6-7-14(16)15(9-13)19-3/h6-7,9,11-12,17H,4-5,8,10H2,1-3H3. The maximum Gasteiger partial charge on any atom is 0.139 e. The Bertz CT molecular complexity index is 417. The summed E-state index contributed by atoms with van der Waals surface area (Å²) in [7, 11) is 1.66. The molecule has 4 heteroatoms. The summed E-state index contributed by atoms with van der Waals surface area (Å²) in [5, 5.41) is 4.21. The molecule has 1 aliphatic heterocycles. The summed E-state index contributed by atoms with van der Waals surface area (Å²) < 4.78 is 5.31. The van der Waals surface area contributed by atoms with Crippen LogP contribution in [0.15, 0.2) is 18.2 Å². The van der Waals surface area contributed by atoms with E-state index >= 15 is 0 Å². The van der Waals surface area contributed by atoms with E-state index in [0.29, 0.717) is 17.1 Å². The molecule has 1 aromatic rings. The molecule has 2 rings (SSSR count). The van der Waals surface area contributed by atoms with Gasteiger partial charge in [0, 0.05) is 30.4 Å². The minimum Gasteiger partial charge on any atom is -0.495 e. The van der Waals surface area contributed by atoms with Crippen LogP contribution in [0.3, 0.4) is 0 Å². The first kappa shape index (κ1) is 14.5. The van der Waals surface area contributed by atoms with Gasteiger partial charge in [0.2, 0.25) is 0 Å². The van der Waals surface area contributed by atoms with Gasteiger partial charge in [0.15, 0.2) is 0 Å². The average Bonchev–Trinajstić information content (AvgIpc) is 2.89. The van der Waals surface area contributed by atoms with Crippen LogP contribution in [-0.2, 0) is 0 Å². The second-order valence-corrected chi connectivity index (χ2v) is 5.77. The lowest BCUT2D eigenvalue weighted by Gasteiger charge is -2.32. The van der Waals surface area contributed by atoms with E-state index < -0.39 is 0 Å². The highest BCUT2D eigenvalue weighted by atomic mass is 35.5. The molecule has 1 N–H and O–H groups in total. The van der Waals surface area contributed by atoms with Gasteiger partial charge in [-0.1, -0.05) is 11.6 Å². The van der Waals surface area contributed by atoms with Crippen LogP contribution < -0.4 is 15.0 Å². The predicted molar refractivity (Wildman–Crippen MR) is 81.5 cm³/mol. The number of anilines is 1. The van der Waals surface area contributed by atoms with Crippen molar-refractivity contribution in [1.82, 2.24) is 5.32 Å². The normalized spacial score (nSPS) is 18.9. The SMILES string of the molecule is COc1cc(N(CC2CCCN2)C(C)C)ccc1Cl. The van der Waals surface area contributed by atoms with Crippen molar-refractivity contribution < 1.29 is 4.74 Å². The molecule has 1 aliphatic rings. The second-order valence-electron chi connectivity index (χ2n) is 5.36. The fourth-order valence-corrected chi connectivity index (χ4v) is 2.79. The number of halogens is 1. The van der Waals surface area contributed by atoms with Gasteiger partial charge in [-0.15, -0.1) is 0 Å². The lowest BCUT2D eigenvalue weighted by atomic mass is 10.1. The van der Waals surface area contributed by atoms with Crippen molar-refractivity contribution in [2.75, 3.05) is 25.1 Å². The molecule has 1 fully saturated rings. The Kier molecular flexibility index (Phi) is 4.94. The molecule has 1 aromatic carbocycles. The number of nitrogens with zero attached hydrogens (tertiary/aromatic N) is 1. The third-order valence-corrected chi connectivity index (χ3v) is 3.98. The van der Waals surface area contributed by atoms with Gasteiger partial charge in [0.1, 0.15) is 5.75 Å². The summed E-state index contributed by atoms with van der Waals surface area (Å²) in [5.41, 5.74) is 1.17. The largest absolute Gasteiger partial charge is 0.495 e. The molecule has 106 valence electrons. The van der Waals surface area contributed by atoms with Gasteiger partial charge in [0.25, 0.3) is 0 Å². The number of ether oxygens (including phenoxy) is 1. The van der Waals surface area contributed by atoms with Crippen molar-refractivity contribution in [2.24, 2.45) is 0 Å². The molecule has 0 spiro atoms. The molecule has 0 aliphatic carbocycles. The van der Waals surface area contributed by atoms with Crippen LogP contribution in [0, 0.1) is 0 Å². The summed E-state index contributed by atoms with van der Waals surface area (Å²) in [5.74, 6) is 0.740. The first-order valence-electron chi connectivity index (χ1n) is 6.95. The van der Waals surface area contributed by atoms with Crippen LogP contribution >= 0.6 is 11.6 Å². The Balaban J connectivity index is 2.17. The number of hydrogen-bond donors (Lipinski definition) is 1. The smallest absolute Gasteiger partial charge is 0.139 e. The third kappa shape index (κ3) is 3.54. The molecule has 0 radical (unpaired) electrons. The number of benzene rings is 1. The molecular weight excluding hydrogens is 260 g/mol. The molecule has 0 amide bonds. The van der Waals surface area contributed by atoms with Crippen molar-refractivity contribution in [3.8, 4) is 5.75 Å². The zero-order chi connectivity index (χ0) is 13.8. The quantitative estimate of drug-likeness (QED) is 0.897. The van der Waals surface area contributed by atoms with E-state index in [1.165, 1.54) is 18.5 Å². The summed E-state index contributed by atoms with van der Waals surface area (Å²) >= 11 is 6.10. The Hall–Kier alpha value is -0.930. The van der Waals surface area contributed by atoms with E-state index in [9.17, 15) is 0 Å². The molecular formula is C15H23ClN2O. The molecule has 1 saturated heterocycles. The van der Waals surface area contributed by atoms with Gasteiger partial charge < -0.3 is 15.0 Å². The van der Waals surface area contributed by atoms with E-state index in [1.807, 2.05) is 12.1 Å². The van der Waals surface area contributed by atoms with Crippen molar-refractivity contribution in [3.63, 3.8) is 0 Å². The van der Waals surface area contributed by atoms with E-state index in [1.54, 1.807) is 7.11 Å². The Morgan fingerprint density at radius 1 is 1.47 bits per heavy atom. The zero-order valence-corrected chi connectivity index (χ0v) is 12.7. The highest BCUT2D eigenvalue weighted by molar-refractivity contribution is 6.32. The average molecular weight is 283 g/mol. The van der Waals surface area contributed by atoms with E-state index in [2.05, 4.69) is 30.1 Å². The summed E-state index contributed by atoms with van der Waals surface area (Å²) in [4.78, 5) is 2.40. The van der Waals surface area contributed by atoms with Gasteiger partial charge >= 0.3 is 0 Å². The van der Waals surface area contributed by atoms with Gasteiger partial charge in [0.05, 0.1) is 12.1 Å². The monoisotopic (exact) mass is 282 g/mol. The molecule has 0 saturated carbocycles. The number of nitrogens with one attached hydrogen (secondary N) is 1. The first-order valence-corrected chi connectivity index (χ1v) is 7.33. The molecule has 19 heavy (non-hydrogen) atoms. The summed E-state index contributed by atoms with van der Waals surface area (Å²) in [6.45, 7) is 6.61. The van der Waals surface area contributed by atoms with E-state index in [4.69, 9.17) is 16.3 Å². The van der Waals surface area contributed by atoms with Gasteiger partial charge in [-0.05, 0) is 45.4 Å². The molecule has 3 nitrogen and oxygen atoms in total. The molecule has 0 aromatic heterocycles. The van der Waals surface area contributed by atoms with Crippen molar-refractivity contribution in [1.29, 1.82) is 0 Å². The Morgan fingerprint density at radius 3 is 2.84 bits per heavy atom. The van der Waals surface area contributed by atoms with Crippen LogP contribution in [0.1, 0.15) is 26.7 Å². The molecule has 0 bridgehead atoms. The van der Waals surface area contributed by atoms with Crippen LogP contribution in [0.4, 0.5) is 5.69 Å². The van der Waals surface area contributed by atoms with Crippen LogP contribution in [0.5, 0.6) is 5.75 Å². The minimum atomic E-state index is 0.452. The van der Waals surface area contributed by atoms with Crippen molar-refractivity contribution in [2.45, 2.75) is 38.8 Å². The lowest BCUT2D eigenvalue weighted by molar-refractivity contribution is 0.414. The Morgan fingerprint density at radius 2 is 2.26 bits per heavy atom.